The van der Waals surface area contributed by atoms with Crippen LogP contribution in [0.4, 0.5) is 5.69 Å². The minimum atomic E-state index is -0.339. The normalized spacial score (nSPS) is 10.7. The van der Waals surface area contributed by atoms with Crippen LogP contribution in [0.25, 0.3) is 17.1 Å². The summed E-state index contributed by atoms with van der Waals surface area (Å²) in [6.45, 7) is 6.15. The quantitative estimate of drug-likeness (QED) is 0.533. The first-order valence-corrected chi connectivity index (χ1v) is 9.50. The van der Waals surface area contributed by atoms with Crippen LogP contribution in [-0.4, -0.2) is 20.7 Å². The molecule has 0 aliphatic heterocycles. The second kappa shape index (κ2) is 7.72. The summed E-state index contributed by atoms with van der Waals surface area (Å²) in [6.07, 6.45) is 0. The molecule has 0 radical (unpaired) electrons. The third-order valence-corrected chi connectivity index (χ3v) is 4.92. The molecule has 0 saturated carbocycles. The van der Waals surface area contributed by atoms with E-state index in [1.807, 2.05) is 73.7 Å². The minimum absolute atomic E-state index is 0.131. The van der Waals surface area contributed by atoms with Crippen LogP contribution in [0.1, 0.15) is 27.3 Å². The van der Waals surface area contributed by atoms with E-state index in [-0.39, 0.29) is 11.7 Å². The van der Waals surface area contributed by atoms with Gasteiger partial charge >= 0.3 is 0 Å². The third-order valence-electron chi connectivity index (χ3n) is 4.92. The van der Waals surface area contributed by atoms with Gasteiger partial charge in [-0.3, -0.25) is 4.79 Å². The number of carbonyl (C=O) groups is 1. The largest absolute Gasteiger partial charge is 0.319 e. The number of anilines is 1. The summed E-state index contributed by atoms with van der Waals surface area (Å²) < 4.78 is 1.76. The van der Waals surface area contributed by atoms with Gasteiger partial charge in [0.05, 0.1) is 5.69 Å². The molecule has 0 aliphatic rings. The molecule has 1 N–H and O–H groups in total. The number of hydrogen-bond acceptors (Lipinski definition) is 3. The van der Waals surface area contributed by atoms with Crippen LogP contribution in [0.15, 0.2) is 72.8 Å². The van der Waals surface area contributed by atoms with Crippen molar-refractivity contribution in [3.8, 4) is 17.1 Å². The van der Waals surface area contributed by atoms with E-state index in [4.69, 9.17) is 0 Å². The molecule has 0 fully saturated rings. The van der Waals surface area contributed by atoms with E-state index in [0.717, 1.165) is 27.9 Å². The first-order valence-electron chi connectivity index (χ1n) is 9.50. The van der Waals surface area contributed by atoms with Crippen molar-refractivity contribution in [2.75, 3.05) is 5.32 Å². The summed E-state index contributed by atoms with van der Waals surface area (Å²) in [5, 5.41) is 7.44. The second-order valence-electron chi connectivity index (χ2n) is 7.08. The number of para-hydroxylation sites is 1. The lowest BCUT2D eigenvalue weighted by Gasteiger charge is -2.11. The molecular formula is C24H22N4O. The molecule has 0 atom stereocenters. The Balaban J connectivity index is 1.83. The molecule has 1 amide bonds. The van der Waals surface area contributed by atoms with E-state index in [1.54, 1.807) is 4.68 Å². The average molecular weight is 382 g/mol. The van der Waals surface area contributed by atoms with Crippen molar-refractivity contribution >= 4 is 11.6 Å². The zero-order valence-corrected chi connectivity index (χ0v) is 16.7. The lowest BCUT2D eigenvalue weighted by atomic mass is 10.1. The van der Waals surface area contributed by atoms with Crippen molar-refractivity contribution in [1.29, 1.82) is 0 Å². The van der Waals surface area contributed by atoms with Crippen LogP contribution in [0.3, 0.4) is 0 Å². The standard InChI is InChI=1S/C24H22N4O/c1-16-9-7-11-19(15-16)23-26-22(24(29)25-20-12-5-4-6-13-20)27-28(23)21-14-8-10-17(2)18(21)3/h4-15H,1-3H3,(H,25,29). The maximum atomic E-state index is 12.8. The summed E-state index contributed by atoms with van der Waals surface area (Å²) in [5.74, 6) is 0.432. The zero-order valence-electron chi connectivity index (χ0n) is 16.7. The molecule has 29 heavy (non-hydrogen) atoms. The number of carbonyl (C=O) groups excluding carboxylic acids is 1. The maximum Gasteiger partial charge on any atom is 0.295 e. The average Bonchev–Trinajstić information content (AvgIpc) is 3.16. The molecule has 0 unspecified atom stereocenters. The Morgan fingerprint density at radius 1 is 0.897 bits per heavy atom. The topological polar surface area (TPSA) is 59.8 Å². The van der Waals surface area contributed by atoms with E-state index in [9.17, 15) is 4.79 Å². The van der Waals surface area contributed by atoms with Crippen LogP contribution in [0.2, 0.25) is 0 Å². The molecule has 0 aliphatic carbocycles. The van der Waals surface area contributed by atoms with Crippen molar-refractivity contribution in [1.82, 2.24) is 14.8 Å². The first kappa shape index (κ1) is 18.6. The molecule has 1 aromatic heterocycles. The van der Waals surface area contributed by atoms with Gasteiger partial charge in [-0.15, -0.1) is 5.10 Å². The first-order chi connectivity index (χ1) is 14.0. The van der Waals surface area contributed by atoms with E-state index in [1.165, 1.54) is 0 Å². The van der Waals surface area contributed by atoms with Crippen LogP contribution < -0.4 is 5.32 Å². The van der Waals surface area contributed by atoms with Crippen molar-refractivity contribution < 1.29 is 4.79 Å². The Bertz CT molecular complexity index is 1180. The lowest BCUT2D eigenvalue weighted by Crippen LogP contribution is -2.14. The lowest BCUT2D eigenvalue weighted by molar-refractivity contribution is 0.101. The minimum Gasteiger partial charge on any atom is -0.319 e. The van der Waals surface area contributed by atoms with Gasteiger partial charge in [0.15, 0.2) is 5.82 Å². The molecule has 5 heteroatoms. The Labute approximate surface area is 170 Å². The Morgan fingerprint density at radius 3 is 2.41 bits per heavy atom. The summed E-state index contributed by atoms with van der Waals surface area (Å²) >= 11 is 0. The highest BCUT2D eigenvalue weighted by molar-refractivity contribution is 6.01. The van der Waals surface area contributed by atoms with Gasteiger partial charge in [-0.25, -0.2) is 9.67 Å². The van der Waals surface area contributed by atoms with Gasteiger partial charge in [-0.2, -0.15) is 0 Å². The number of amides is 1. The molecule has 3 aromatic carbocycles. The molecule has 5 nitrogen and oxygen atoms in total. The number of rotatable bonds is 4. The fourth-order valence-electron chi connectivity index (χ4n) is 3.22. The number of aromatic nitrogens is 3. The molecule has 1 heterocycles. The van der Waals surface area contributed by atoms with Crippen molar-refractivity contribution in [3.05, 3.63) is 95.3 Å². The Kier molecular flexibility index (Phi) is 4.96. The van der Waals surface area contributed by atoms with Gasteiger partial charge in [0, 0.05) is 11.3 Å². The number of benzene rings is 3. The maximum absolute atomic E-state index is 12.8. The summed E-state index contributed by atoms with van der Waals surface area (Å²) in [7, 11) is 0. The number of aryl methyl sites for hydroxylation is 2. The highest BCUT2D eigenvalue weighted by atomic mass is 16.2. The smallest absolute Gasteiger partial charge is 0.295 e. The predicted molar refractivity (Wildman–Crippen MR) is 115 cm³/mol. The van der Waals surface area contributed by atoms with E-state index >= 15 is 0 Å². The van der Waals surface area contributed by atoms with Gasteiger partial charge in [0.2, 0.25) is 5.82 Å². The van der Waals surface area contributed by atoms with E-state index < -0.39 is 0 Å². The highest BCUT2D eigenvalue weighted by Gasteiger charge is 2.20. The van der Waals surface area contributed by atoms with Gasteiger partial charge in [-0.1, -0.05) is 54.1 Å². The van der Waals surface area contributed by atoms with Crippen molar-refractivity contribution in [2.24, 2.45) is 0 Å². The highest BCUT2D eigenvalue weighted by Crippen LogP contribution is 2.25. The molecule has 0 saturated heterocycles. The second-order valence-corrected chi connectivity index (χ2v) is 7.08. The fraction of sp³-hybridized carbons (Fsp3) is 0.125. The van der Waals surface area contributed by atoms with Gasteiger partial charge in [0.1, 0.15) is 0 Å². The van der Waals surface area contributed by atoms with Crippen LogP contribution in [-0.2, 0) is 0 Å². The molecule has 4 rings (SSSR count). The van der Waals surface area contributed by atoms with Crippen LogP contribution in [0.5, 0.6) is 0 Å². The Hall–Kier alpha value is -3.73. The number of hydrogen-bond donors (Lipinski definition) is 1. The zero-order chi connectivity index (χ0) is 20.4. The number of nitrogens with one attached hydrogen (secondary N) is 1. The predicted octanol–water partition coefficient (Wildman–Crippen LogP) is 5.11. The molecule has 0 spiro atoms. The summed E-state index contributed by atoms with van der Waals surface area (Å²) in [5.41, 5.74) is 5.90. The van der Waals surface area contributed by atoms with Crippen LogP contribution >= 0.6 is 0 Å². The van der Waals surface area contributed by atoms with Gasteiger partial charge < -0.3 is 5.32 Å². The fourth-order valence-corrected chi connectivity index (χ4v) is 3.22. The summed E-state index contributed by atoms with van der Waals surface area (Å²) in [6, 6.07) is 23.4. The van der Waals surface area contributed by atoms with Crippen LogP contribution in [0, 0.1) is 20.8 Å². The van der Waals surface area contributed by atoms with Gasteiger partial charge in [-0.05, 0) is 56.2 Å². The number of nitrogens with zero attached hydrogens (tertiary/aromatic N) is 3. The van der Waals surface area contributed by atoms with E-state index in [2.05, 4.69) is 35.3 Å². The van der Waals surface area contributed by atoms with Crippen molar-refractivity contribution in [2.45, 2.75) is 20.8 Å². The third kappa shape index (κ3) is 3.80. The molecule has 0 bridgehead atoms. The summed E-state index contributed by atoms with van der Waals surface area (Å²) in [4.78, 5) is 17.4. The van der Waals surface area contributed by atoms with E-state index in [0.29, 0.717) is 11.5 Å². The van der Waals surface area contributed by atoms with Gasteiger partial charge in [0.25, 0.3) is 5.91 Å². The van der Waals surface area contributed by atoms with Crippen molar-refractivity contribution in [3.63, 3.8) is 0 Å². The monoisotopic (exact) mass is 382 g/mol. The molecular weight excluding hydrogens is 360 g/mol. The Morgan fingerprint density at radius 2 is 1.66 bits per heavy atom. The SMILES string of the molecule is Cc1cccc(-c2nc(C(=O)Nc3ccccc3)nn2-c2cccc(C)c2C)c1. The molecule has 4 aromatic rings. The molecule has 144 valence electrons.